The highest BCUT2D eigenvalue weighted by Gasteiger charge is 2.52. The fraction of sp³-hybridized carbons (Fsp3) is 0.500. The van der Waals surface area contributed by atoms with Gasteiger partial charge in [0.15, 0.2) is 0 Å². The first-order valence-electron chi connectivity index (χ1n) is 16.0. The van der Waals surface area contributed by atoms with Crippen molar-refractivity contribution in [1.82, 2.24) is 0 Å². The van der Waals surface area contributed by atoms with E-state index >= 15 is 0 Å². The molecule has 2 aliphatic heterocycles. The van der Waals surface area contributed by atoms with Crippen molar-refractivity contribution >= 4 is 42.2 Å². The maximum atomic E-state index is 6.30. The fourth-order valence-electron chi connectivity index (χ4n) is 5.15. The van der Waals surface area contributed by atoms with Gasteiger partial charge in [-0.25, -0.2) is 0 Å². The molecule has 3 aromatic carbocycles. The van der Waals surface area contributed by atoms with E-state index in [0.717, 1.165) is 34.4 Å². The van der Waals surface area contributed by atoms with Crippen LogP contribution in [0.2, 0.25) is 0 Å². The summed E-state index contributed by atoms with van der Waals surface area (Å²) in [4.78, 5) is 2.28. The number of hydrogen-bond acceptors (Lipinski definition) is 5. The molecule has 5 nitrogen and oxygen atoms in total. The monoisotopic (exact) mass is 583 g/mol. The van der Waals surface area contributed by atoms with Gasteiger partial charge in [0.1, 0.15) is 0 Å². The van der Waals surface area contributed by atoms with Gasteiger partial charge in [-0.15, -0.1) is 0 Å². The summed E-state index contributed by atoms with van der Waals surface area (Å²) < 4.78 is 25.2. The number of rotatable bonds is 7. The molecule has 1 unspecified atom stereocenters. The van der Waals surface area contributed by atoms with E-state index in [2.05, 4.69) is 147 Å². The van der Waals surface area contributed by atoms with Gasteiger partial charge in [-0.3, -0.25) is 0 Å². The Bertz CT molecular complexity index is 1240. The topological polar surface area (TPSA) is 40.2 Å². The molecule has 0 aromatic heterocycles. The van der Waals surface area contributed by atoms with Gasteiger partial charge in [-0.1, -0.05) is 64.1 Å². The maximum absolute atomic E-state index is 6.30. The molecule has 5 rings (SSSR count). The molecule has 0 N–H and O–H groups in total. The lowest BCUT2D eigenvalue weighted by atomic mass is 9.79. The third kappa shape index (κ3) is 6.61. The molecule has 0 bridgehead atoms. The van der Waals surface area contributed by atoms with Gasteiger partial charge in [0, 0.05) is 17.1 Å². The van der Waals surface area contributed by atoms with Crippen molar-refractivity contribution in [1.29, 1.82) is 0 Å². The van der Waals surface area contributed by atoms with Crippen LogP contribution in [0.4, 0.5) is 17.1 Å². The Hall–Kier alpha value is -2.57. The smallest absolute Gasteiger partial charge is 0.399 e. The van der Waals surface area contributed by atoms with Crippen molar-refractivity contribution in [3.63, 3.8) is 0 Å². The van der Waals surface area contributed by atoms with E-state index < -0.39 is 14.2 Å². The van der Waals surface area contributed by atoms with Gasteiger partial charge < -0.3 is 23.5 Å². The van der Waals surface area contributed by atoms with Gasteiger partial charge in [0.25, 0.3) is 0 Å². The van der Waals surface area contributed by atoms with Crippen LogP contribution >= 0.6 is 0 Å². The van der Waals surface area contributed by atoms with E-state index in [9.17, 15) is 0 Å². The Morgan fingerprint density at radius 2 is 0.814 bits per heavy atom. The molecule has 43 heavy (non-hydrogen) atoms. The van der Waals surface area contributed by atoms with E-state index in [4.69, 9.17) is 18.6 Å². The molecule has 0 spiro atoms. The largest absolute Gasteiger partial charge is 0.494 e. The van der Waals surface area contributed by atoms with E-state index in [-0.39, 0.29) is 22.4 Å². The lowest BCUT2D eigenvalue weighted by Gasteiger charge is -2.32. The Labute approximate surface area is 261 Å². The molecule has 3 aromatic rings. The average Bonchev–Trinajstić information content (AvgIpc) is 3.34. The Kier molecular flexibility index (Phi) is 9.64. The first-order chi connectivity index (χ1) is 20.1. The van der Waals surface area contributed by atoms with Crippen molar-refractivity contribution < 1.29 is 18.6 Å². The van der Waals surface area contributed by atoms with Crippen LogP contribution < -0.4 is 15.8 Å². The first-order valence-corrected chi connectivity index (χ1v) is 16.0. The van der Waals surface area contributed by atoms with E-state index in [1.807, 2.05) is 13.8 Å². The maximum Gasteiger partial charge on any atom is 0.494 e. The van der Waals surface area contributed by atoms with Crippen LogP contribution in [0.3, 0.4) is 0 Å². The molecular formula is C36H51B2NO4. The lowest BCUT2D eigenvalue weighted by molar-refractivity contribution is 0.00578. The summed E-state index contributed by atoms with van der Waals surface area (Å²) in [5.41, 5.74) is 5.09. The fourth-order valence-corrected chi connectivity index (χ4v) is 5.15. The Morgan fingerprint density at radius 3 is 1.09 bits per heavy atom. The second-order valence-electron chi connectivity index (χ2n) is 13.6. The molecule has 2 heterocycles. The summed E-state index contributed by atoms with van der Waals surface area (Å²) in [5, 5.41) is 0. The first kappa shape index (κ1) is 33.3. The number of benzene rings is 3. The minimum atomic E-state index is -0.392. The zero-order valence-electron chi connectivity index (χ0n) is 28.4. The number of anilines is 3. The normalized spacial score (nSPS) is 20.4. The highest BCUT2D eigenvalue weighted by atomic mass is 16.7. The molecule has 2 saturated heterocycles. The minimum absolute atomic E-state index is 0.376. The molecule has 2 aliphatic rings. The predicted octanol–water partition coefficient (Wildman–Crippen LogP) is 8.29. The van der Waals surface area contributed by atoms with Crippen LogP contribution in [0.25, 0.3) is 0 Å². The van der Waals surface area contributed by atoms with E-state index in [1.165, 1.54) is 5.56 Å². The number of hydrogen-bond donors (Lipinski definition) is 0. The molecular weight excluding hydrogens is 532 g/mol. The predicted molar refractivity (Wildman–Crippen MR) is 183 cm³/mol. The van der Waals surface area contributed by atoms with Gasteiger partial charge in [-0.05, 0) is 121 Å². The van der Waals surface area contributed by atoms with Crippen molar-refractivity contribution in [2.24, 2.45) is 0 Å². The molecule has 0 aliphatic carbocycles. The summed E-state index contributed by atoms with van der Waals surface area (Å²) in [6.07, 6.45) is 1.11. The lowest BCUT2D eigenvalue weighted by Crippen LogP contribution is -2.41. The van der Waals surface area contributed by atoms with Gasteiger partial charge in [0.2, 0.25) is 0 Å². The molecule has 0 radical (unpaired) electrons. The highest BCUT2D eigenvalue weighted by molar-refractivity contribution is 6.62. The quantitative estimate of drug-likeness (QED) is 0.262. The summed E-state index contributed by atoms with van der Waals surface area (Å²) in [6, 6.07) is 25.9. The van der Waals surface area contributed by atoms with Crippen LogP contribution in [0.15, 0.2) is 72.8 Å². The van der Waals surface area contributed by atoms with Crippen LogP contribution in [-0.2, 0) is 18.6 Å². The summed E-state index contributed by atoms with van der Waals surface area (Å²) >= 11 is 0. The molecule has 0 amide bonds. The molecule has 2 fully saturated rings. The molecule has 0 saturated carbocycles. The van der Waals surface area contributed by atoms with Crippen LogP contribution in [0.5, 0.6) is 0 Å². The molecule has 7 heteroatoms. The summed E-state index contributed by atoms with van der Waals surface area (Å²) in [7, 11) is -0.784. The third-order valence-electron chi connectivity index (χ3n) is 9.69. The van der Waals surface area contributed by atoms with Crippen molar-refractivity contribution in [3.8, 4) is 0 Å². The SMILES string of the molecule is CC.CCC(C)c1ccc(N(c2ccc(B3OC(C)(C)C(C)(C)O3)cc2)c2ccc(B3OC(C)(C)C(C)(C)O3)cc2)cc1. The zero-order chi connectivity index (χ0) is 31.8. The van der Waals surface area contributed by atoms with Crippen LogP contribution in [-0.4, -0.2) is 36.6 Å². The highest BCUT2D eigenvalue weighted by Crippen LogP contribution is 2.39. The van der Waals surface area contributed by atoms with Gasteiger partial charge >= 0.3 is 14.2 Å². The average molecular weight is 583 g/mol. The van der Waals surface area contributed by atoms with Crippen molar-refractivity contribution in [3.05, 3.63) is 78.4 Å². The van der Waals surface area contributed by atoms with Gasteiger partial charge in [0.05, 0.1) is 22.4 Å². The Morgan fingerprint density at radius 1 is 0.535 bits per heavy atom. The van der Waals surface area contributed by atoms with Crippen LogP contribution in [0.1, 0.15) is 101 Å². The van der Waals surface area contributed by atoms with Crippen molar-refractivity contribution in [2.45, 2.75) is 118 Å². The van der Waals surface area contributed by atoms with E-state index in [1.54, 1.807) is 0 Å². The number of nitrogens with zero attached hydrogens (tertiary/aromatic N) is 1. The van der Waals surface area contributed by atoms with E-state index in [0.29, 0.717) is 5.92 Å². The summed E-state index contributed by atoms with van der Waals surface area (Å²) in [5.74, 6) is 0.524. The molecule has 230 valence electrons. The zero-order valence-corrected chi connectivity index (χ0v) is 28.4. The molecule has 1 atom stereocenters. The third-order valence-corrected chi connectivity index (χ3v) is 9.69. The Balaban J connectivity index is 0.00000207. The second-order valence-corrected chi connectivity index (χ2v) is 13.6. The van der Waals surface area contributed by atoms with Gasteiger partial charge in [-0.2, -0.15) is 0 Å². The van der Waals surface area contributed by atoms with Crippen molar-refractivity contribution in [2.75, 3.05) is 4.90 Å². The minimum Gasteiger partial charge on any atom is -0.399 e. The standard InChI is InChI=1S/C34H45B2NO4.C2H6/c1-11-24(2)25-12-18-28(19-13-25)37(29-20-14-26(15-21-29)35-38-31(3,4)32(5,6)39-35)30-22-16-27(17-23-30)36-40-33(7,8)34(9,10)41-36;1-2/h12-24H,11H2,1-10H3;1-2H3. The second kappa shape index (κ2) is 12.4. The summed E-state index contributed by atoms with van der Waals surface area (Å²) in [6.45, 7) is 25.2. The van der Waals surface area contributed by atoms with Crippen LogP contribution in [0, 0.1) is 0 Å².